The van der Waals surface area contributed by atoms with Gasteiger partial charge in [-0.05, 0) is 45.0 Å². The topological polar surface area (TPSA) is 80.9 Å². The molecule has 8 heteroatoms. The van der Waals surface area contributed by atoms with Crippen molar-refractivity contribution in [2.24, 2.45) is 0 Å². The van der Waals surface area contributed by atoms with E-state index in [1.165, 1.54) is 11.1 Å². The van der Waals surface area contributed by atoms with Crippen molar-refractivity contribution in [2.75, 3.05) is 5.32 Å². The minimum absolute atomic E-state index is 0.311. The van der Waals surface area contributed by atoms with Gasteiger partial charge in [0.15, 0.2) is 0 Å². The lowest BCUT2D eigenvalue weighted by Crippen LogP contribution is -2.14. The largest absolute Gasteiger partial charge is 0.335 e. The molecule has 0 fully saturated rings. The van der Waals surface area contributed by atoms with Crippen molar-refractivity contribution < 1.29 is 9.32 Å². The van der Waals surface area contributed by atoms with E-state index in [1.807, 2.05) is 13.8 Å². The van der Waals surface area contributed by atoms with E-state index in [4.69, 9.17) is 16.1 Å². The third-order valence-electron chi connectivity index (χ3n) is 4.15. The Balaban J connectivity index is 1.82. The van der Waals surface area contributed by atoms with Gasteiger partial charge < -0.3 is 9.84 Å². The number of thiophene rings is 1. The molecular formula is C19H15ClN4O2S. The van der Waals surface area contributed by atoms with E-state index in [2.05, 4.69) is 26.5 Å². The number of pyridine rings is 2. The third kappa shape index (κ3) is 3.31. The number of nitrogens with one attached hydrogen (secondary N) is 1. The Morgan fingerprint density at radius 3 is 2.70 bits per heavy atom. The predicted molar refractivity (Wildman–Crippen MR) is 107 cm³/mol. The van der Waals surface area contributed by atoms with Crippen LogP contribution in [0.25, 0.3) is 22.4 Å². The van der Waals surface area contributed by atoms with E-state index in [9.17, 15) is 4.79 Å². The number of hydrogen-bond acceptors (Lipinski definition) is 6. The van der Waals surface area contributed by atoms with Crippen molar-refractivity contribution in [3.05, 3.63) is 56.5 Å². The Kier molecular flexibility index (Phi) is 4.41. The van der Waals surface area contributed by atoms with Crippen molar-refractivity contribution in [3.63, 3.8) is 0 Å². The number of nitrogens with zero attached hydrogens (tertiary/aromatic N) is 3. The molecule has 6 nitrogen and oxygen atoms in total. The van der Waals surface area contributed by atoms with E-state index in [0.717, 1.165) is 10.4 Å². The zero-order valence-corrected chi connectivity index (χ0v) is 16.4. The second kappa shape index (κ2) is 6.75. The summed E-state index contributed by atoms with van der Waals surface area (Å²) in [6.45, 7) is 5.85. The lowest BCUT2D eigenvalue weighted by atomic mass is 10.1. The number of halogens is 1. The van der Waals surface area contributed by atoms with Crippen molar-refractivity contribution in [1.82, 2.24) is 15.1 Å². The summed E-state index contributed by atoms with van der Waals surface area (Å²) in [6, 6.07) is 7.14. The van der Waals surface area contributed by atoms with Crippen LogP contribution >= 0.6 is 22.9 Å². The molecule has 0 saturated carbocycles. The van der Waals surface area contributed by atoms with Gasteiger partial charge in [-0.25, -0.2) is 9.97 Å². The quantitative estimate of drug-likeness (QED) is 0.514. The minimum atomic E-state index is -0.311. The molecule has 0 aliphatic rings. The van der Waals surface area contributed by atoms with Crippen LogP contribution in [0.15, 0.2) is 35.0 Å². The monoisotopic (exact) mass is 398 g/mol. The zero-order valence-electron chi connectivity index (χ0n) is 14.8. The van der Waals surface area contributed by atoms with Crippen LogP contribution in [0.4, 0.5) is 5.82 Å². The van der Waals surface area contributed by atoms with Gasteiger partial charge in [0.1, 0.15) is 5.82 Å². The molecule has 4 aromatic heterocycles. The number of hydrogen-bond donors (Lipinski definition) is 1. The number of aryl methyl sites for hydroxylation is 3. The van der Waals surface area contributed by atoms with Crippen molar-refractivity contribution in [1.29, 1.82) is 0 Å². The fourth-order valence-corrected chi connectivity index (χ4v) is 3.98. The van der Waals surface area contributed by atoms with Gasteiger partial charge in [-0.2, -0.15) is 0 Å². The molecule has 0 unspecified atom stereocenters. The van der Waals surface area contributed by atoms with E-state index in [-0.39, 0.29) is 5.91 Å². The van der Waals surface area contributed by atoms with Crippen LogP contribution in [0.3, 0.4) is 0 Å². The van der Waals surface area contributed by atoms with E-state index in [0.29, 0.717) is 38.9 Å². The number of fused-ring (bicyclic) bond motifs is 1. The van der Waals surface area contributed by atoms with Crippen LogP contribution in [0.5, 0.6) is 0 Å². The normalized spacial score (nSPS) is 11.1. The Morgan fingerprint density at radius 2 is 2.04 bits per heavy atom. The number of anilines is 1. The minimum Gasteiger partial charge on any atom is -0.335 e. The van der Waals surface area contributed by atoms with Crippen molar-refractivity contribution in [2.45, 2.75) is 20.8 Å². The molecule has 136 valence electrons. The van der Waals surface area contributed by atoms with Crippen molar-refractivity contribution in [3.8, 4) is 11.3 Å². The smallest absolute Gasteiger partial charge is 0.259 e. The summed E-state index contributed by atoms with van der Waals surface area (Å²) in [7, 11) is 0. The molecule has 0 radical (unpaired) electrons. The average Bonchev–Trinajstić information content (AvgIpc) is 3.18. The van der Waals surface area contributed by atoms with E-state index in [1.54, 1.807) is 36.5 Å². The highest BCUT2D eigenvalue weighted by atomic mass is 35.5. The second-order valence-corrected chi connectivity index (χ2v) is 8.04. The maximum atomic E-state index is 13.0. The Morgan fingerprint density at radius 1 is 1.22 bits per heavy atom. The summed E-state index contributed by atoms with van der Waals surface area (Å²) in [5.74, 6) is 0.0990. The third-order valence-corrected chi connectivity index (χ3v) is 5.34. The molecule has 1 N–H and O–H groups in total. The van der Waals surface area contributed by atoms with Crippen LogP contribution in [-0.4, -0.2) is 21.0 Å². The highest BCUT2D eigenvalue weighted by Crippen LogP contribution is 2.33. The lowest BCUT2D eigenvalue weighted by molar-refractivity contribution is 0.102. The Labute approximate surface area is 164 Å². The Hall–Kier alpha value is -2.77. The van der Waals surface area contributed by atoms with E-state index >= 15 is 0 Å². The molecule has 0 saturated heterocycles. The molecule has 0 atom stereocenters. The van der Waals surface area contributed by atoms with Gasteiger partial charge in [0.2, 0.25) is 0 Å². The predicted octanol–water partition coefficient (Wildman–Crippen LogP) is 5.18. The van der Waals surface area contributed by atoms with Crippen LogP contribution in [-0.2, 0) is 0 Å². The standard InChI is InChI=1S/C19H15ClN4O2S/c1-9-6-13(11(3)27-9)15-7-14(17-10(2)24-26-19(17)22-15)18(25)23-16-5-4-12(20)8-21-16/h4-8H,1-3H3,(H,21,23,25). The first-order valence-electron chi connectivity index (χ1n) is 8.19. The molecule has 0 aliphatic heterocycles. The van der Waals surface area contributed by atoms with Gasteiger partial charge in [-0.15, -0.1) is 11.3 Å². The molecular weight excluding hydrogens is 384 g/mol. The maximum Gasteiger partial charge on any atom is 0.259 e. The maximum absolute atomic E-state index is 13.0. The van der Waals surface area contributed by atoms with Crippen LogP contribution in [0.1, 0.15) is 25.8 Å². The van der Waals surface area contributed by atoms with Crippen LogP contribution in [0.2, 0.25) is 5.02 Å². The number of carbonyl (C=O) groups is 1. The van der Waals surface area contributed by atoms with Crippen molar-refractivity contribution >= 4 is 45.8 Å². The molecule has 4 aromatic rings. The molecule has 27 heavy (non-hydrogen) atoms. The van der Waals surface area contributed by atoms with Gasteiger partial charge in [-0.1, -0.05) is 16.8 Å². The highest BCUT2D eigenvalue weighted by Gasteiger charge is 2.21. The van der Waals surface area contributed by atoms with E-state index < -0.39 is 0 Å². The first-order chi connectivity index (χ1) is 12.9. The van der Waals surface area contributed by atoms with Gasteiger partial charge >= 0.3 is 0 Å². The molecule has 1 amide bonds. The number of carbonyl (C=O) groups excluding carboxylic acids is 1. The van der Waals surface area contributed by atoms with Crippen LogP contribution < -0.4 is 5.32 Å². The molecule has 4 heterocycles. The fraction of sp³-hybridized carbons (Fsp3) is 0.158. The van der Waals surface area contributed by atoms with Crippen LogP contribution in [0, 0.1) is 20.8 Å². The zero-order chi connectivity index (χ0) is 19.1. The molecule has 0 spiro atoms. The first kappa shape index (κ1) is 17.6. The molecule has 0 aromatic carbocycles. The first-order valence-corrected chi connectivity index (χ1v) is 9.39. The second-order valence-electron chi connectivity index (χ2n) is 6.15. The number of amides is 1. The summed E-state index contributed by atoms with van der Waals surface area (Å²) in [5, 5.41) is 7.85. The Bertz CT molecular complexity index is 1160. The average molecular weight is 399 g/mol. The summed E-state index contributed by atoms with van der Waals surface area (Å²) in [6.07, 6.45) is 1.48. The fourth-order valence-electron chi connectivity index (χ4n) is 2.93. The lowest BCUT2D eigenvalue weighted by Gasteiger charge is -2.08. The molecule has 0 bridgehead atoms. The van der Waals surface area contributed by atoms with Gasteiger partial charge in [-0.3, -0.25) is 4.79 Å². The summed E-state index contributed by atoms with van der Waals surface area (Å²) >= 11 is 7.54. The molecule has 0 aliphatic carbocycles. The summed E-state index contributed by atoms with van der Waals surface area (Å²) in [5.41, 5.74) is 3.04. The highest BCUT2D eigenvalue weighted by molar-refractivity contribution is 7.12. The van der Waals surface area contributed by atoms with Gasteiger partial charge in [0.05, 0.1) is 27.4 Å². The SMILES string of the molecule is Cc1cc(-c2cc(C(=O)Nc3ccc(Cl)cn3)c3c(C)noc3n2)c(C)s1. The summed E-state index contributed by atoms with van der Waals surface area (Å²) < 4.78 is 5.34. The number of rotatable bonds is 3. The van der Waals surface area contributed by atoms with Gasteiger partial charge in [0, 0.05) is 21.5 Å². The number of aromatic nitrogens is 3. The molecule has 4 rings (SSSR count). The summed E-state index contributed by atoms with van der Waals surface area (Å²) in [4.78, 5) is 23.9. The van der Waals surface area contributed by atoms with Gasteiger partial charge in [0.25, 0.3) is 11.6 Å².